The van der Waals surface area contributed by atoms with Crippen LogP contribution in [0.15, 0.2) is 5.38 Å². The summed E-state index contributed by atoms with van der Waals surface area (Å²) in [6, 6.07) is 0. The van der Waals surface area contributed by atoms with Crippen LogP contribution in [0, 0.1) is 53.3 Å². The molecule has 10 atom stereocenters. The predicted molar refractivity (Wildman–Crippen MR) is 136 cm³/mol. The number of hydrogen-bond donors (Lipinski definition) is 3. The van der Waals surface area contributed by atoms with Gasteiger partial charge in [0, 0.05) is 11.8 Å². The summed E-state index contributed by atoms with van der Waals surface area (Å²) in [6.07, 6.45) is 9.82. The van der Waals surface area contributed by atoms with E-state index in [0.29, 0.717) is 47.1 Å². The van der Waals surface area contributed by atoms with Crippen molar-refractivity contribution >= 4 is 22.4 Å². The van der Waals surface area contributed by atoms with Gasteiger partial charge in [0.15, 0.2) is 5.13 Å². The molecule has 190 valence electrons. The Kier molecular flexibility index (Phi) is 6.65. The molecule has 4 saturated carbocycles. The monoisotopic (exact) mass is 488 g/mol. The maximum absolute atomic E-state index is 12.5. The van der Waals surface area contributed by atoms with Gasteiger partial charge in [-0.3, -0.25) is 4.79 Å². The summed E-state index contributed by atoms with van der Waals surface area (Å²) in [4.78, 5) is 16.9. The smallest absolute Gasteiger partial charge is 0.226 e. The normalized spacial score (nSPS) is 44.6. The molecule has 6 heteroatoms. The van der Waals surface area contributed by atoms with E-state index in [1.165, 1.54) is 37.0 Å². The van der Waals surface area contributed by atoms with E-state index in [0.717, 1.165) is 37.8 Å². The van der Waals surface area contributed by atoms with Crippen LogP contribution in [0.25, 0.3) is 0 Å². The first-order valence-electron chi connectivity index (χ1n) is 13.7. The maximum Gasteiger partial charge on any atom is 0.226 e. The largest absolute Gasteiger partial charge is 0.393 e. The molecule has 0 spiro atoms. The van der Waals surface area contributed by atoms with Crippen molar-refractivity contribution in [2.24, 2.45) is 46.3 Å². The zero-order valence-corrected chi connectivity index (χ0v) is 22.2. The van der Waals surface area contributed by atoms with Crippen molar-refractivity contribution in [1.82, 2.24) is 4.98 Å². The third-order valence-corrected chi connectivity index (χ3v) is 12.1. The zero-order valence-electron chi connectivity index (χ0n) is 21.4. The first kappa shape index (κ1) is 24.7. The topological polar surface area (TPSA) is 82.5 Å². The van der Waals surface area contributed by atoms with Gasteiger partial charge in [-0.05, 0) is 111 Å². The molecule has 3 N–H and O–H groups in total. The Morgan fingerprint density at radius 2 is 1.97 bits per heavy atom. The van der Waals surface area contributed by atoms with Crippen LogP contribution in [-0.2, 0) is 4.79 Å². The summed E-state index contributed by atoms with van der Waals surface area (Å²) < 4.78 is 0. The number of anilines is 1. The Balaban J connectivity index is 1.26. The van der Waals surface area contributed by atoms with E-state index in [1.54, 1.807) is 0 Å². The summed E-state index contributed by atoms with van der Waals surface area (Å²) >= 11 is 1.48. The summed E-state index contributed by atoms with van der Waals surface area (Å²) in [6.45, 7) is 9.10. The fraction of sp³-hybridized carbons (Fsp3) is 0.857. The van der Waals surface area contributed by atoms with E-state index in [9.17, 15) is 15.0 Å². The van der Waals surface area contributed by atoms with Crippen LogP contribution in [-0.4, -0.2) is 33.3 Å². The number of rotatable bonds is 5. The van der Waals surface area contributed by atoms with Crippen LogP contribution < -0.4 is 5.32 Å². The van der Waals surface area contributed by atoms with E-state index in [2.05, 4.69) is 31.1 Å². The fourth-order valence-electron chi connectivity index (χ4n) is 9.31. The number of thiazole rings is 1. The first-order chi connectivity index (χ1) is 16.1. The van der Waals surface area contributed by atoms with Crippen molar-refractivity contribution in [3.8, 4) is 0 Å². The number of aryl methyl sites for hydroxylation is 1. The van der Waals surface area contributed by atoms with E-state index >= 15 is 0 Å². The van der Waals surface area contributed by atoms with Gasteiger partial charge in [-0.15, -0.1) is 11.3 Å². The number of carbonyl (C=O) groups excluding carboxylic acids is 1. The minimum absolute atomic E-state index is 0.0408. The SMILES string of the molecule is Cc1csc(NC(=O)CCC(C)C2CCC3C4CCC5CC(O)CCC5(C)C4CC(O)C23C)n1. The van der Waals surface area contributed by atoms with Gasteiger partial charge < -0.3 is 15.5 Å². The van der Waals surface area contributed by atoms with Gasteiger partial charge >= 0.3 is 0 Å². The van der Waals surface area contributed by atoms with Crippen LogP contribution in [0.1, 0.15) is 90.7 Å². The van der Waals surface area contributed by atoms with Gasteiger partial charge in [0.05, 0.1) is 17.9 Å². The third kappa shape index (κ3) is 4.06. The van der Waals surface area contributed by atoms with Gasteiger partial charge in [0.1, 0.15) is 0 Å². The lowest BCUT2D eigenvalue weighted by Crippen LogP contribution is -2.58. The third-order valence-electron chi connectivity index (χ3n) is 11.2. The number of aliphatic hydroxyl groups excluding tert-OH is 2. The van der Waals surface area contributed by atoms with Crippen LogP contribution >= 0.6 is 11.3 Å². The minimum Gasteiger partial charge on any atom is -0.393 e. The number of fused-ring (bicyclic) bond motifs is 5. The Labute approximate surface area is 209 Å². The molecule has 4 fully saturated rings. The molecule has 0 aliphatic heterocycles. The minimum atomic E-state index is -0.261. The fourth-order valence-corrected chi connectivity index (χ4v) is 10.0. The van der Waals surface area contributed by atoms with Crippen LogP contribution in [0.2, 0.25) is 0 Å². The molecule has 5 nitrogen and oxygen atoms in total. The Morgan fingerprint density at radius 3 is 2.71 bits per heavy atom. The molecule has 4 aliphatic rings. The Hall–Kier alpha value is -0.980. The summed E-state index contributed by atoms with van der Waals surface area (Å²) in [5, 5.41) is 27.6. The highest BCUT2D eigenvalue weighted by molar-refractivity contribution is 7.13. The number of nitrogens with one attached hydrogen (secondary N) is 1. The molecule has 1 aromatic heterocycles. The molecular weight excluding hydrogens is 444 g/mol. The lowest BCUT2D eigenvalue weighted by atomic mass is 9.43. The van der Waals surface area contributed by atoms with Gasteiger partial charge in [0.25, 0.3) is 0 Å². The number of carbonyl (C=O) groups is 1. The van der Waals surface area contributed by atoms with Crippen LogP contribution in [0.5, 0.6) is 0 Å². The van der Waals surface area contributed by atoms with Gasteiger partial charge in [-0.2, -0.15) is 0 Å². The molecule has 4 aliphatic carbocycles. The van der Waals surface area contributed by atoms with Crippen molar-refractivity contribution in [2.45, 2.75) is 104 Å². The van der Waals surface area contributed by atoms with Gasteiger partial charge in [-0.25, -0.2) is 4.98 Å². The van der Waals surface area contributed by atoms with Crippen molar-refractivity contribution < 1.29 is 15.0 Å². The van der Waals surface area contributed by atoms with Gasteiger partial charge in [0.2, 0.25) is 5.91 Å². The highest BCUT2D eigenvalue weighted by Crippen LogP contribution is 2.68. The molecule has 0 radical (unpaired) electrons. The van der Waals surface area contributed by atoms with E-state index in [4.69, 9.17) is 0 Å². The van der Waals surface area contributed by atoms with E-state index in [1.807, 2.05) is 12.3 Å². The second-order valence-electron chi connectivity index (χ2n) is 12.7. The number of aromatic nitrogens is 1. The number of nitrogens with zero attached hydrogens (tertiary/aromatic N) is 1. The highest BCUT2D eigenvalue weighted by Gasteiger charge is 2.63. The molecule has 0 bridgehead atoms. The Bertz CT molecular complexity index is 904. The van der Waals surface area contributed by atoms with E-state index in [-0.39, 0.29) is 28.9 Å². The van der Waals surface area contributed by atoms with Crippen LogP contribution in [0.3, 0.4) is 0 Å². The molecule has 34 heavy (non-hydrogen) atoms. The molecule has 0 aromatic carbocycles. The molecule has 10 unspecified atom stereocenters. The second kappa shape index (κ2) is 9.15. The van der Waals surface area contributed by atoms with Crippen molar-refractivity contribution in [3.05, 3.63) is 11.1 Å². The highest BCUT2D eigenvalue weighted by atomic mass is 32.1. The molecule has 5 rings (SSSR count). The first-order valence-corrected chi connectivity index (χ1v) is 14.6. The molecule has 1 amide bonds. The lowest BCUT2D eigenvalue weighted by molar-refractivity contribution is -0.174. The molecule has 1 heterocycles. The zero-order chi connectivity index (χ0) is 24.3. The summed E-state index contributed by atoms with van der Waals surface area (Å²) in [5.74, 6) is 3.45. The quantitative estimate of drug-likeness (QED) is 0.489. The average molecular weight is 489 g/mol. The van der Waals surface area contributed by atoms with Crippen molar-refractivity contribution in [1.29, 1.82) is 0 Å². The predicted octanol–water partition coefficient (Wildman–Crippen LogP) is 5.80. The molecule has 0 saturated heterocycles. The number of aliphatic hydroxyl groups is 2. The number of amides is 1. The molecule has 1 aromatic rings. The lowest BCUT2D eigenvalue weighted by Gasteiger charge is -2.62. The maximum atomic E-state index is 12.5. The van der Waals surface area contributed by atoms with Gasteiger partial charge in [-0.1, -0.05) is 20.8 Å². The summed E-state index contributed by atoms with van der Waals surface area (Å²) in [7, 11) is 0. The van der Waals surface area contributed by atoms with Crippen LogP contribution in [0.4, 0.5) is 5.13 Å². The standard InChI is InChI=1S/C28H44N2O3S/c1-16(5-10-25(33)30-26-29-17(2)15-34-26)21-8-9-22-20-7-6-18-13-19(31)11-12-27(18,3)23(20)14-24(32)28(21,22)4/h15-16,18-24,31-32H,5-14H2,1-4H3,(H,29,30,33). The average Bonchev–Trinajstić information content (AvgIpc) is 3.36. The second-order valence-corrected chi connectivity index (χ2v) is 13.6. The Morgan fingerprint density at radius 1 is 1.18 bits per heavy atom. The summed E-state index contributed by atoms with van der Waals surface area (Å²) in [5.41, 5.74) is 1.18. The molecular formula is C28H44N2O3S. The van der Waals surface area contributed by atoms with E-state index < -0.39 is 0 Å². The number of hydrogen-bond acceptors (Lipinski definition) is 5. The van der Waals surface area contributed by atoms with Crippen molar-refractivity contribution in [3.63, 3.8) is 0 Å². The van der Waals surface area contributed by atoms with Crippen molar-refractivity contribution in [2.75, 3.05) is 5.32 Å².